The van der Waals surface area contributed by atoms with Crippen LogP contribution < -0.4 is 10.5 Å². The minimum atomic E-state index is -0.595. The highest BCUT2D eigenvalue weighted by atomic mass is 16.5. The highest BCUT2D eigenvalue weighted by Crippen LogP contribution is 2.56. The third-order valence-electron chi connectivity index (χ3n) is 5.78. The van der Waals surface area contributed by atoms with Gasteiger partial charge < -0.3 is 15.6 Å². The first kappa shape index (κ1) is 14.9. The predicted molar refractivity (Wildman–Crippen MR) is 84.7 cm³/mol. The molecule has 0 aromatic heterocycles. The van der Waals surface area contributed by atoms with Crippen LogP contribution in [0, 0.1) is 0 Å². The molecule has 1 spiro atoms. The van der Waals surface area contributed by atoms with Gasteiger partial charge in [0.2, 0.25) is 0 Å². The van der Waals surface area contributed by atoms with Crippen molar-refractivity contribution in [2.75, 3.05) is 13.7 Å². The average molecular weight is 289 g/mol. The summed E-state index contributed by atoms with van der Waals surface area (Å²) in [4.78, 5) is 0. The quantitative estimate of drug-likeness (QED) is 0.896. The SMILES string of the molecule is COc1ccc2c(c1)C1(CCCC1)C(O)(CCCN)CC2. The molecule has 1 unspecified atom stereocenters. The molecule has 2 aliphatic carbocycles. The lowest BCUT2D eigenvalue weighted by Gasteiger charge is -2.50. The van der Waals surface area contributed by atoms with E-state index in [9.17, 15) is 5.11 Å². The third-order valence-corrected chi connectivity index (χ3v) is 5.78. The summed E-state index contributed by atoms with van der Waals surface area (Å²) in [6.07, 6.45) is 8.15. The minimum absolute atomic E-state index is 0.0791. The van der Waals surface area contributed by atoms with Crippen LogP contribution in [-0.2, 0) is 11.8 Å². The summed E-state index contributed by atoms with van der Waals surface area (Å²) in [5.74, 6) is 0.906. The van der Waals surface area contributed by atoms with E-state index >= 15 is 0 Å². The van der Waals surface area contributed by atoms with Gasteiger partial charge in [0, 0.05) is 5.41 Å². The van der Waals surface area contributed by atoms with Crippen molar-refractivity contribution in [2.45, 2.75) is 62.4 Å². The molecule has 0 heterocycles. The fourth-order valence-corrected chi connectivity index (χ4v) is 4.65. The molecule has 0 radical (unpaired) electrons. The third kappa shape index (κ3) is 2.27. The molecule has 3 nitrogen and oxygen atoms in total. The van der Waals surface area contributed by atoms with E-state index in [-0.39, 0.29) is 5.41 Å². The molecule has 0 aliphatic heterocycles. The van der Waals surface area contributed by atoms with Crippen molar-refractivity contribution in [1.82, 2.24) is 0 Å². The summed E-state index contributed by atoms with van der Waals surface area (Å²) in [6.45, 7) is 0.656. The van der Waals surface area contributed by atoms with Gasteiger partial charge in [0.05, 0.1) is 12.7 Å². The Bertz CT molecular complexity index is 508. The van der Waals surface area contributed by atoms with Crippen LogP contribution in [0.1, 0.15) is 56.1 Å². The van der Waals surface area contributed by atoms with Gasteiger partial charge in [0.1, 0.15) is 5.75 Å². The molecule has 1 atom stereocenters. The smallest absolute Gasteiger partial charge is 0.119 e. The second-order valence-electron chi connectivity index (χ2n) is 6.74. The van der Waals surface area contributed by atoms with Crippen LogP contribution in [0.2, 0.25) is 0 Å². The molecule has 21 heavy (non-hydrogen) atoms. The van der Waals surface area contributed by atoms with Crippen LogP contribution in [-0.4, -0.2) is 24.4 Å². The number of rotatable bonds is 4. The predicted octanol–water partition coefficient (Wildman–Crippen LogP) is 2.92. The van der Waals surface area contributed by atoms with Gasteiger partial charge in [0.25, 0.3) is 0 Å². The molecule has 3 N–H and O–H groups in total. The molecule has 1 aromatic rings. The number of aryl methyl sites for hydroxylation is 1. The molecular weight excluding hydrogens is 262 g/mol. The van der Waals surface area contributed by atoms with Crippen LogP contribution in [0.4, 0.5) is 0 Å². The van der Waals surface area contributed by atoms with Crippen molar-refractivity contribution in [3.8, 4) is 5.75 Å². The maximum atomic E-state index is 11.5. The second-order valence-corrected chi connectivity index (χ2v) is 6.74. The van der Waals surface area contributed by atoms with E-state index in [4.69, 9.17) is 10.5 Å². The summed E-state index contributed by atoms with van der Waals surface area (Å²) in [5, 5.41) is 11.5. The maximum Gasteiger partial charge on any atom is 0.119 e. The van der Waals surface area contributed by atoms with Gasteiger partial charge in [-0.25, -0.2) is 0 Å². The van der Waals surface area contributed by atoms with Crippen molar-refractivity contribution in [3.05, 3.63) is 29.3 Å². The highest BCUT2D eigenvalue weighted by molar-refractivity contribution is 5.46. The summed E-state index contributed by atoms with van der Waals surface area (Å²) in [5.41, 5.74) is 7.76. The number of nitrogens with two attached hydrogens (primary N) is 1. The Hall–Kier alpha value is -1.06. The lowest BCUT2D eigenvalue weighted by molar-refractivity contribution is -0.0609. The topological polar surface area (TPSA) is 55.5 Å². The van der Waals surface area contributed by atoms with E-state index in [1.54, 1.807) is 7.11 Å². The van der Waals surface area contributed by atoms with E-state index in [1.165, 1.54) is 24.0 Å². The average Bonchev–Trinajstić information content (AvgIpc) is 3.01. The number of ether oxygens (including phenoxy) is 1. The van der Waals surface area contributed by atoms with Crippen LogP contribution >= 0.6 is 0 Å². The van der Waals surface area contributed by atoms with Crippen LogP contribution in [0.15, 0.2) is 18.2 Å². The first-order valence-corrected chi connectivity index (χ1v) is 8.25. The van der Waals surface area contributed by atoms with E-state index in [2.05, 4.69) is 12.1 Å². The Kier molecular flexibility index (Phi) is 3.98. The van der Waals surface area contributed by atoms with E-state index in [0.717, 1.165) is 44.3 Å². The molecule has 2 aliphatic rings. The van der Waals surface area contributed by atoms with Crippen molar-refractivity contribution >= 4 is 0 Å². The lowest BCUT2D eigenvalue weighted by Crippen LogP contribution is -2.53. The summed E-state index contributed by atoms with van der Waals surface area (Å²) in [7, 11) is 1.71. The molecule has 3 rings (SSSR count). The van der Waals surface area contributed by atoms with Crippen molar-refractivity contribution in [1.29, 1.82) is 0 Å². The fraction of sp³-hybridized carbons (Fsp3) is 0.667. The molecule has 0 bridgehead atoms. The van der Waals surface area contributed by atoms with Crippen LogP contribution in [0.5, 0.6) is 5.75 Å². The minimum Gasteiger partial charge on any atom is -0.497 e. The Labute approximate surface area is 127 Å². The van der Waals surface area contributed by atoms with E-state index < -0.39 is 5.60 Å². The van der Waals surface area contributed by atoms with Crippen LogP contribution in [0.3, 0.4) is 0 Å². The second kappa shape index (κ2) is 5.62. The molecular formula is C18H27NO2. The first-order chi connectivity index (χ1) is 10.1. The zero-order valence-electron chi connectivity index (χ0n) is 13.0. The molecule has 1 fully saturated rings. The van der Waals surface area contributed by atoms with Crippen LogP contribution in [0.25, 0.3) is 0 Å². The van der Waals surface area contributed by atoms with Crippen molar-refractivity contribution in [3.63, 3.8) is 0 Å². The number of aliphatic hydroxyl groups is 1. The van der Waals surface area contributed by atoms with Crippen molar-refractivity contribution < 1.29 is 9.84 Å². The number of fused-ring (bicyclic) bond motifs is 2. The van der Waals surface area contributed by atoms with Gasteiger partial charge in [-0.3, -0.25) is 0 Å². The molecule has 3 heteroatoms. The largest absolute Gasteiger partial charge is 0.497 e. The summed E-state index contributed by atoms with van der Waals surface area (Å²) < 4.78 is 5.43. The number of benzene rings is 1. The summed E-state index contributed by atoms with van der Waals surface area (Å²) >= 11 is 0. The number of methoxy groups -OCH3 is 1. The van der Waals surface area contributed by atoms with Gasteiger partial charge in [-0.1, -0.05) is 18.9 Å². The molecule has 1 saturated carbocycles. The van der Waals surface area contributed by atoms with Gasteiger partial charge in [-0.15, -0.1) is 0 Å². The van der Waals surface area contributed by atoms with Gasteiger partial charge in [-0.05, 0) is 68.3 Å². The monoisotopic (exact) mass is 289 g/mol. The fourth-order valence-electron chi connectivity index (χ4n) is 4.65. The summed E-state index contributed by atoms with van der Waals surface area (Å²) in [6, 6.07) is 6.41. The lowest BCUT2D eigenvalue weighted by atomic mass is 9.58. The van der Waals surface area contributed by atoms with Gasteiger partial charge >= 0.3 is 0 Å². The Morgan fingerprint density at radius 3 is 2.67 bits per heavy atom. The number of hydrogen-bond acceptors (Lipinski definition) is 3. The zero-order chi connectivity index (χ0) is 14.9. The standard InChI is InChI=1S/C18H27NO2/c1-21-15-6-5-14-7-11-18(20,10-4-12-19)17(16(14)13-15)8-2-3-9-17/h5-6,13,20H,2-4,7-12,19H2,1H3. The Balaban J connectivity index is 2.07. The number of hydrogen-bond donors (Lipinski definition) is 2. The maximum absolute atomic E-state index is 11.5. The van der Waals surface area contributed by atoms with Crippen molar-refractivity contribution in [2.24, 2.45) is 5.73 Å². The van der Waals surface area contributed by atoms with Gasteiger partial charge in [0.15, 0.2) is 0 Å². The normalized spacial score (nSPS) is 26.8. The molecule has 116 valence electrons. The first-order valence-electron chi connectivity index (χ1n) is 8.25. The Morgan fingerprint density at radius 2 is 2.00 bits per heavy atom. The Morgan fingerprint density at radius 1 is 1.24 bits per heavy atom. The van der Waals surface area contributed by atoms with E-state index in [1.807, 2.05) is 6.07 Å². The molecule has 0 amide bonds. The molecule has 1 aromatic carbocycles. The van der Waals surface area contributed by atoms with Gasteiger partial charge in [-0.2, -0.15) is 0 Å². The molecule has 0 saturated heterocycles. The highest BCUT2D eigenvalue weighted by Gasteiger charge is 2.54. The zero-order valence-corrected chi connectivity index (χ0v) is 13.0. The van der Waals surface area contributed by atoms with E-state index in [0.29, 0.717) is 6.54 Å².